The molecule has 28 heavy (non-hydrogen) atoms. The summed E-state index contributed by atoms with van der Waals surface area (Å²) < 4.78 is 1.78. The van der Waals surface area contributed by atoms with Crippen LogP contribution in [0.5, 0.6) is 0 Å². The van der Waals surface area contributed by atoms with Crippen LogP contribution in [0.15, 0.2) is 30.6 Å². The van der Waals surface area contributed by atoms with Gasteiger partial charge < -0.3 is 16.0 Å². The van der Waals surface area contributed by atoms with Crippen LogP contribution in [0.3, 0.4) is 0 Å². The molecule has 1 aromatic carbocycles. The summed E-state index contributed by atoms with van der Waals surface area (Å²) >= 11 is 0. The average Bonchev–Trinajstić information content (AvgIpc) is 3.25. The van der Waals surface area contributed by atoms with Gasteiger partial charge in [0.25, 0.3) is 5.91 Å². The largest absolute Gasteiger partial charge is 0.378 e. The molecule has 0 aliphatic carbocycles. The number of fused-ring (bicyclic) bond motifs is 1. The highest BCUT2D eigenvalue weighted by Gasteiger charge is 2.38. The molecule has 2 aliphatic rings. The number of benzene rings is 1. The van der Waals surface area contributed by atoms with Gasteiger partial charge in [-0.15, -0.1) is 0 Å². The highest BCUT2D eigenvalue weighted by molar-refractivity contribution is 6.05. The molecule has 2 aliphatic heterocycles. The first-order valence-electron chi connectivity index (χ1n) is 9.28. The first-order chi connectivity index (χ1) is 13.5. The third kappa shape index (κ3) is 3.48. The molecule has 1 atom stereocenters. The number of carbonyl (C=O) groups excluding carboxylic acids is 3. The van der Waals surface area contributed by atoms with Crippen LogP contribution in [0.4, 0.5) is 5.69 Å². The molecule has 0 radical (unpaired) electrons. The van der Waals surface area contributed by atoms with Crippen molar-refractivity contribution in [3.05, 3.63) is 47.3 Å². The van der Waals surface area contributed by atoms with E-state index < -0.39 is 11.9 Å². The van der Waals surface area contributed by atoms with Gasteiger partial charge in [-0.1, -0.05) is 12.1 Å². The first-order valence-corrected chi connectivity index (χ1v) is 9.28. The second-order valence-corrected chi connectivity index (χ2v) is 7.03. The fourth-order valence-electron chi connectivity index (χ4n) is 3.65. The molecular weight excluding hydrogens is 360 g/mol. The Balaban J connectivity index is 1.43. The number of nitrogens with one attached hydrogen (secondary N) is 2. The van der Waals surface area contributed by atoms with Gasteiger partial charge in [-0.3, -0.25) is 24.4 Å². The van der Waals surface area contributed by atoms with Gasteiger partial charge in [0, 0.05) is 37.8 Å². The summed E-state index contributed by atoms with van der Waals surface area (Å²) in [7, 11) is 0. The lowest BCUT2D eigenvalue weighted by Gasteiger charge is -2.29. The number of hydrogen-bond donors (Lipinski definition) is 3. The summed E-state index contributed by atoms with van der Waals surface area (Å²) in [4.78, 5) is 37.7. The first kappa shape index (κ1) is 18.2. The van der Waals surface area contributed by atoms with Crippen LogP contribution in [0, 0.1) is 0 Å². The highest BCUT2D eigenvalue weighted by atomic mass is 16.2. The van der Waals surface area contributed by atoms with Gasteiger partial charge in [-0.25, -0.2) is 0 Å². The molecule has 1 fully saturated rings. The fraction of sp³-hybridized carbons (Fsp3) is 0.368. The van der Waals surface area contributed by atoms with E-state index in [1.54, 1.807) is 21.8 Å². The smallest absolute Gasteiger partial charge is 0.255 e. The maximum atomic E-state index is 12.7. The Labute approximate surface area is 161 Å². The molecule has 9 heteroatoms. The van der Waals surface area contributed by atoms with Crippen LogP contribution in [0.2, 0.25) is 0 Å². The summed E-state index contributed by atoms with van der Waals surface area (Å²) in [6, 6.07) is 5.10. The number of nitrogens with two attached hydrogens (primary N) is 1. The van der Waals surface area contributed by atoms with Crippen LogP contribution in [-0.4, -0.2) is 45.0 Å². The lowest BCUT2D eigenvalue weighted by Crippen LogP contribution is -2.52. The Morgan fingerprint density at radius 1 is 1.29 bits per heavy atom. The summed E-state index contributed by atoms with van der Waals surface area (Å²) in [5, 5.41) is 9.84. The molecule has 1 unspecified atom stereocenters. The van der Waals surface area contributed by atoms with Gasteiger partial charge in [0.05, 0.1) is 18.4 Å². The normalized spacial score (nSPS) is 19.0. The number of piperidine rings is 1. The minimum absolute atomic E-state index is 0.160. The molecule has 3 amide bonds. The zero-order chi connectivity index (χ0) is 19.7. The predicted molar refractivity (Wildman–Crippen MR) is 101 cm³/mol. The van der Waals surface area contributed by atoms with E-state index in [9.17, 15) is 14.4 Å². The maximum absolute atomic E-state index is 12.7. The van der Waals surface area contributed by atoms with E-state index in [0.717, 1.165) is 16.8 Å². The van der Waals surface area contributed by atoms with Crippen molar-refractivity contribution < 1.29 is 14.4 Å². The van der Waals surface area contributed by atoms with Crippen LogP contribution >= 0.6 is 0 Å². The quantitative estimate of drug-likeness (QED) is 0.614. The van der Waals surface area contributed by atoms with Crippen molar-refractivity contribution >= 4 is 23.4 Å². The number of hydrogen-bond acceptors (Lipinski definition) is 6. The number of nitrogens with zero attached hydrogens (tertiary/aromatic N) is 3. The van der Waals surface area contributed by atoms with Gasteiger partial charge in [0.2, 0.25) is 11.8 Å². The SMILES string of the molecule is NCCn1cc(NCc2ccc3c(c2)CN(C2CCC(=O)NC2=O)C3=O)cn1. The molecular formula is C19H22N6O3. The monoisotopic (exact) mass is 382 g/mol. The Hall–Kier alpha value is -3.20. The summed E-state index contributed by atoms with van der Waals surface area (Å²) in [6.07, 6.45) is 4.26. The molecule has 0 bridgehead atoms. The predicted octanol–water partition coefficient (Wildman–Crippen LogP) is 0.215. The third-order valence-corrected chi connectivity index (χ3v) is 5.08. The molecule has 9 nitrogen and oxygen atoms in total. The van der Waals surface area contributed by atoms with Gasteiger partial charge in [0.1, 0.15) is 6.04 Å². The molecule has 0 saturated carbocycles. The second kappa shape index (κ2) is 7.43. The summed E-state index contributed by atoms with van der Waals surface area (Å²) in [6.45, 7) is 2.17. The van der Waals surface area contributed by atoms with Crippen LogP contribution in [0.1, 0.15) is 34.3 Å². The molecule has 3 heterocycles. The van der Waals surface area contributed by atoms with Crippen molar-refractivity contribution in [1.82, 2.24) is 20.0 Å². The summed E-state index contributed by atoms with van der Waals surface area (Å²) in [5.41, 5.74) is 8.96. The Kier molecular flexibility index (Phi) is 4.82. The topological polar surface area (TPSA) is 122 Å². The lowest BCUT2D eigenvalue weighted by atomic mass is 10.0. The Morgan fingerprint density at radius 3 is 2.93 bits per heavy atom. The van der Waals surface area contributed by atoms with Crippen LogP contribution < -0.4 is 16.4 Å². The van der Waals surface area contributed by atoms with E-state index in [1.807, 2.05) is 18.3 Å². The van der Waals surface area contributed by atoms with Crippen molar-refractivity contribution in [3.63, 3.8) is 0 Å². The molecule has 4 N–H and O–H groups in total. The van der Waals surface area contributed by atoms with Gasteiger partial charge in [-0.05, 0) is 23.6 Å². The van der Waals surface area contributed by atoms with Crippen molar-refractivity contribution in [2.75, 3.05) is 11.9 Å². The molecule has 4 rings (SSSR count). The molecule has 2 aromatic rings. The lowest BCUT2D eigenvalue weighted by molar-refractivity contribution is -0.136. The minimum Gasteiger partial charge on any atom is -0.378 e. The van der Waals surface area contributed by atoms with Gasteiger partial charge in [0.15, 0.2) is 0 Å². The fourth-order valence-corrected chi connectivity index (χ4v) is 3.65. The average molecular weight is 382 g/mol. The zero-order valence-electron chi connectivity index (χ0n) is 15.4. The number of amides is 3. The van der Waals surface area contributed by atoms with E-state index in [1.165, 1.54) is 0 Å². The maximum Gasteiger partial charge on any atom is 0.255 e. The molecule has 0 spiro atoms. The summed E-state index contributed by atoms with van der Waals surface area (Å²) in [5.74, 6) is -0.839. The van der Waals surface area contributed by atoms with Crippen LogP contribution in [-0.2, 0) is 29.2 Å². The number of rotatable bonds is 6. The number of carbonyl (C=O) groups is 3. The number of anilines is 1. The molecule has 1 saturated heterocycles. The van der Waals surface area contributed by atoms with E-state index in [2.05, 4.69) is 15.7 Å². The third-order valence-electron chi connectivity index (χ3n) is 5.08. The van der Waals surface area contributed by atoms with Crippen molar-refractivity contribution in [2.45, 2.75) is 38.5 Å². The van der Waals surface area contributed by atoms with E-state index >= 15 is 0 Å². The molecule has 146 valence electrons. The van der Waals surface area contributed by atoms with Gasteiger partial charge >= 0.3 is 0 Å². The van der Waals surface area contributed by atoms with Crippen LogP contribution in [0.25, 0.3) is 0 Å². The van der Waals surface area contributed by atoms with Crippen molar-refractivity contribution in [3.8, 4) is 0 Å². The zero-order valence-corrected chi connectivity index (χ0v) is 15.4. The van der Waals surface area contributed by atoms with Crippen molar-refractivity contribution in [1.29, 1.82) is 0 Å². The second-order valence-electron chi connectivity index (χ2n) is 7.03. The minimum atomic E-state index is -0.590. The number of aromatic nitrogens is 2. The Morgan fingerprint density at radius 2 is 2.14 bits per heavy atom. The van der Waals surface area contributed by atoms with E-state index in [-0.39, 0.29) is 18.2 Å². The Bertz CT molecular complexity index is 938. The van der Waals surface area contributed by atoms with Gasteiger partial charge in [-0.2, -0.15) is 5.10 Å². The van der Waals surface area contributed by atoms with E-state index in [0.29, 0.717) is 38.2 Å². The number of imide groups is 1. The standard InChI is InChI=1S/C19H22N6O3/c20-5-6-24-11-14(9-22-24)21-8-12-1-2-15-13(7-12)10-25(19(15)28)16-3-4-17(26)23-18(16)27/h1-2,7,9,11,16,21H,3-6,8,10,20H2,(H,23,26,27). The molecule has 1 aromatic heterocycles. The highest BCUT2D eigenvalue weighted by Crippen LogP contribution is 2.28. The van der Waals surface area contributed by atoms with Crippen molar-refractivity contribution in [2.24, 2.45) is 5.73 Å². The van der Waals surface area contributed by atoms with E-state index in [4.69, 9.17) is 5.73 Å².